The zero-order chi connectivity index (χ0) is 26.1. The van der Waals surface area contributed by atoms with Gasteiger partial charge in [-0.25, -0.2) is 4.79 Å². The molecule has 2 saturated heterocycles. The number of nitriles is 1. The standard InChI is InChI=1S/C28H35N7O2/c1-3-32-11-13-33(14-12-32)27(36)22-15-24-26(25(16-22)34-10-6-9-23(30)19-34)35(28(37)31(24)2)18-21-8-5-4-7-20(21)17-29/h4-5,7-8,15-16,23H,3,6,9-14,18-19,30H2,1-2H3/t23-/m1/s1. The molecule has 0 saturated carbocycles. The van der Waals surface area contributed by atoms with E-state index in [0.29, 0.717) is 36.3 Å². The van der Waals surface area contributed by atoms with Crippen molar-refractivity contribution in [2.75, 3.05) is 50.7 Å². The second-order valence-electron chi connectivity index (χ2n) is 10.1. The number of anilines is 1. The number of imidazole rings is 1. The molecule has 1 aromatic heterocycles. The molecule has 0 unspecified atom stereocenters. The lowest BCUT2D eigenvalue weighted by Crippen LogP contribution is -2.48. The number of hydrogen-bond acceptors (Lipinski definition) is 6. The summed E-state index contributed by atoms with van der Waals surface area (Å²) >= 11 is 0. The third-order valence-corrected chi connectivity index (χ3v) is 7.84. The van der Waals surface area contributed by atoms with E-state index in [1.165, 1.54) is 0 Å². The van der Waals surface area contributed by atoms with Gasteiger partial charge in [-0.05, 0) is 43.1 Å². The number of piperidine rings is 1. The number of nitrogens with zero attached hydrogens (tertiary/aromatic N) is 6. The van der Waals surface area contributed by atoms with Gasteiger partial charge in [-0.3, -0.25) is 13.9 Å². The van der Waals surface area contributed by atoms with Gasteiger partial charge >= 0.3 is 5.69 Å². The van der Waals surface area contributed by atoms with Gasteiger partial charge in [0.05, 0.1) is 34.9 Å². The molecule has 9 heteroatoms. The van der Waals surface area contributed by atoms with Crippen LogP contribution in [-0.2, 0) is 13.6 Å². The lowest BCUT2D eigenvalue weighted by molar-refractivity contribution is 0.0643. The fraction of sp³-hybridized carbons (Fsp3) is 0.464. The van der Waals surface area contributed by atoms with Crippen molar-refractivity contribution < 1.29 is 4.79 Å². The monoisotopic (exact) mass is 501 g/mol. The van der Waals surface area contributed by atoms with Gasteiger partial charge in [-0.15, -0.1) is 0 Å². The van der Waals surface area contributed by atoms with Gasteiger partial charge < -0.3 is 20.4 Å². The maximum Gasteiger partial charge on any atom is 0.329 e. The maximum atomic E-state index is 13.6. The molecule has 2 aliphatic rings. The Morgan fingerprint density at radius 3 is 2.59 bits per heavy atom. The van der Waals surface area contributed by atoms with Gasteiger partial charge in [0.25, 0.3) is 5.91 Å². The first-order valence-corrected chi connectivity index (χ1v) is 13.1. The summed E-state index contributed by atoms with van der Waals surface area (Å²) < 4.78 is 3.35. The third-order valence-electron chi connectivity index (χ3n) is 7.84. The van der Waals surface area contributed by atoms with E-state index in [4.69, 9.17) is 5.73 Å². The number of likely N-dealkylation sites (N-methyl/N-ethyl adjacent to an activating group) is 1. The predicted molar refractivity (Wildman–Crippen MR) is 145 cm³/mol. The van der Waals surface area contributed by atoms with Crippen molar-refractivity contribution in [1.82, 2.24) is 18.9 Å². The second kappa shape index (κ2) is 10.4. The van der Waals surface area contributed by atoms with Gasteiger partial charge in [-0.2, -0.15) is 5.26 Å². The Morgan fingerprint density at radius 1 is 1.14 bits per heavy atom. The van der Waals surface area contributed by atoms with E-state index in [0.717, 1.165) is 55.8 Å². The van der Waals surface area contributed by atoms with Crippen LogP contribution < -0.4 is 16.3 Å². The van der Waals surface area contributed by atoms with Crippen LogP contribution >= 0.6 is 0 Å². The Bertz CT molecular complexity index is 1410. The Labute approximate surface area is 217 Å². The highest BCUT2D eigenvalue weighted by molar-refractivity contribution is 6.02. The Hall–Kier alpha value is -3.61. The van der Waals surface area contributed by atoms with Crippen LogP contribution in [0.1, 0.15) is 41.3 Å². The summed E-state index contributed by atoms with van der Waals surface area (Å²) in [7, 11) is 1.75. The Balaban J connectivity index is 1.63. The molecule has 3 heterocycles. The molecule has 0 bridgehead atoms. The smallest absolute Gasteiger partial charge is 0.329 e. The van der Waals surface area contributed by atoms with Gasteiger partial charge in [0.1, 0.15) is 0 Å². The number of carbonyl (C=O) groups excluding carboxylic acids is 1. The fourth-order valence-electron chi connectivity index (χ4n) is 5.64. The first-order valence-electron chi connectivity index (χ1n) is 13.1. The van der Waals surface area contributed by atoms with E-state index >= 15 is 0 Å². The van der Waals surface area contributed by atoms with E-state index in [1.807, 2.05) is 35.2 Å². The van der Waals surface area contributed by atoms with Gasteiger partial charge in [0.2, 0.25) is 0 Å². The summed E-state index contributed by atoms with van der Waals surface area (Å²) in [5, 5.41) is 9.62. The summed E-state index contributed by atoms with van der Waals surface area (Å²) in [5.74, 6) is -0.00441. The highest BCUT2D eigenvalue weighted by Crippen LogP contribution is 2.32. The van der Waals surface area contributed by atoms with Gasteiger partial charge in [-0.1, -0.05) is 25.1 Å². The van der Waals surface area contributed by atoms with Gasteiger partial charge in [0.15, 0.2) is 0 Å². The summed E-state index contributed by atoms with van der Waals surface area (Å²) in [5.41, 5.74) is 10.5. The van der Waals surface area contributed by atoms with E-state index < -0.39 is 0 Å². The molecule has 0 spiro atoms. The SMILES string of the molecule is CCN1CCN(C(=O)c2cc(N3CCC[C@@H](N)C3)c3c(c2)n(C)c(=O)n3Cc2ccccc2C#N)CC1. The minimum absolute atomic E-state index is 0.00441. The minimum Gasteiger partial charge on any atom is -0.368 e. The number of rotatable bonds is 5. The molecule has 2 aromatic carbocycles. The van der Waals surface area contributed by atoms with Crippen LogP contribution in [0.15, 0.2) is 41.2 Å². The number of carbonyl (C=O) groups is 1. The van der Waals surface area contributed by atoms with Crippen LogP contribution in [0.2, 0.25) is 0 Å². The lowest BCUT2D eigenvalue weighted by Gasteiger charge is -2.35. The molecular formula is C28H35N7O2. The molecule has 2 N–H and O–H groups in total. The zero-order valence-electron chi connectivity index (χ0n) is 21.7. The third kappa shape index (κ3) is 4.75. The average molecular weight is 502 g/mol. The topological polar surface area (TPSA) is 104 Å². The number of nitrogens with two attached hydrogens (primary N) is 1. The first kappa shape index (κ1) is 25.1. The number of aryl methyl sites for hydroxylation is 1. The van der Waals surface area contributed by atoms with Crippen LogP contribution in [0.25, 0.3) is 11.0 Å². The maximum absolute atomic E-state index is 13.6. The normalized spacial score (nSPS) is 18.8. The minimum atomic E-state index is -0.175. The van der Waals surface area contributed by atoms with Crippen molar-refractivity contribution in [2.45, 2.75) is 32.4 Å². The van der Waals surface area contributed by atoms with Crippen molar-refractivity contribution in [1.29, 1.82) is 5.26 Å². The van der Waals surface area contributed by atoms with Crippen LogP contribution in [0.5, 0.6) is 0 Å². The number of benzene rings is 2. The van der Waals surface area contributed by atoms with E-state index in [9.17, 15) is 14.9 Å². The summed E-state index contributed by atoms with van der Waals surface area (Å²) in [6.07, 6.45) is 1.91. The van der Waals surface area contributed by atoms with Crippen molar-refractivity contribution >= 4 is 22.6 Å². The van der Waals surface area contributed by atoms with Crippen molar-refractivity contribution in [3.05, 3.63) is 63.6 Å². The van der Waals surface area contributed by atoms with Crippen LogP contribution in [0.3, 0.4) is 0 Å². The van der Waals surface area contributed by atoms with Crippen molar-refractivity contribution in [2.24, 2.45) is 12.8 Å². The van der Waals surface area contributed by atoms with Crippen molar-refractivity contribution in [3.8, 4) is 6.07 Å². The number of fused-ring (bicyclic) bond motifs is 1. The molecule has 9 nitrogen and oxygen atoms in total. The molecule has 194 valence electrons. The molecular weight excluding hydrogens is 466 g/mol. The molecule has 2 fully saturated rings. The quantitative estimate of drug-likeness (QED) is 0.573. The highest BCUT2D eigenvalue weighted by Gasteiger charge is 2.27. The molecule has 5 rings (SSSR count). The molecule has 1 amide bonds. The van der Waals surface area contributed by atoms with Crippen LogP contribution in [-0.4, -0.2) is 76.7 Å². The van der Waals surface area contributed by atoms with Crippen molar-refractivity contribution in [3.63, 3.8) is 0 Å². The average Bonchev–Trinajstić information content (AvgIpc) is 3.17. The van der Waals surface area contributed by atoms with E-state index in [1.54, 1.807) is 22.2 Å². The Morgan fingerprint density at radius 2 is 1.89 bits per heavy atom. The predicted octanol–water partition coefficient (Wildman–Crippen LogP) is 1.97. The number of hydrogen-bond donors (Lipinski definition) is 1. The molecule has 3 aromatic rings. The van der Waals surface area contributed by atoms with Crippen LogP contribution in [0.4, 0.5) is 5.69 Å². The molecule has 2 aliphatic heterocycles. The van der Waals surface area contributed by atoms with E-state index in [-0.39, 0.29) is 24.2 Å². The zero-order valence-corrected chi connectivity index (χ0v) is 21.7. The molecule has 0 aliphatic carbocycles. The number of amides is 1. The largest absolute Gasteiger partial charge is 0.368 e. The molecule has 0 radical (unpaired) electrons. The van der Waals surface area contributed by atoms with Crippen LogP contribution in [0, 0.1) is 11.3 Å². The molecule has 37 heavy (non-hydrogen) atoms. The van der Waals surface area contributed by atoms with E-state index in [2.05, 4.69) is 22.8 Å². The first-order chi connectivity index (χ1) is 17.9. The lowest BCUT2D eigenvalue weighted by atomic mass is 10.0. The Kier molecular flexibility index (Phi) is 7.04. The summed E-state index contributed by atoms with van der Waals surface area (Å²) in [6, 6.07) is 13.4. The summed E-state index contributed by atoms with van der Waals surface area (Å²) in [6.45, 7) is 8.00. The number of aromatic nitrogens is 2. The van der Waals surface area contributed by atoms with Gasteiger partial charge in [0, 0.05) is 57.9 Å². The number of piperazine rings is 1. The molecule has 1 atom stereocenters. The summed E-state index contributed by atoms with van der Waals surface area (Å²) in [4.78, 5) is 33.7. The second-order valence-corrected chi connectivity index (χ2v) is 10.1. The fourth-order valence-corrected chi connectivity index (χ4v) is 5.64. The highest BCUT2D eigenvalue weighted by atomic mass is 16.2.